The molecule has 2 heterocycles. The lowest BCUT2D eigenvalue weighted by molar-refractivity contribution is 0.0841. The highest BCUT2D eigenvalue weighted by Gasteiger charge is 2.23. The van der Waals surface area contributed by atoms with Crippen LogP contribution in [-0.2, 0) is 0 Å². The lowest BCUT2D eigenvalue weighted by atomic mass is 10.1. The number of piperidine rings is 1. The third-order valence-electron chi connectivity index (χ3n) is 4.23. The standard InChI is InChI=1S/C17H21ClN4O2/c18-14-6-4-13(5-7-14)16(22-10-2-8-20-22)11-19-17(24)21-9-1-3-15(23)12-21/h2,4-8,10,15-16,23H,1,3,9,11-12H2,(H,19,24). The smallest absolute Gasteiger partial charge is 0.317 e. The number of halogens is 1. The largest absolute Gasteiger partial charge is 0.391 e. The van der Waals surface area contributed by atoms with E-state index in [0.717, 1.165) is 18.4 Å². The first kappa shape index (κ1) is 16.8. The lowest BCUT2D eigenvalue weighted by Crippen LogP contribution is -2.48. The van der Waals surface area contributed by atoms with Gasteiger partial charge in [0.25, 0.3) is 0 Å². The summed E-state index contributed by atoms with van der Waals surface area (Å²) in [5.74, 6) is 0. The van der Waals surface area contributed by atoms with Crippen molar-refractivity contribution in [1.82, 2.24) is 20.0 Å². The molecule has 24 heavy (non-hydrogen) atoms. The topological polar surface area (TPSA) is 70.4 Å². The van der Waals surface area contributed by atoms with Crippen LogP contribution in [0.1, 0.15) is 24.4 Å². The molecule has 128 valence electrons. The zero-order valence-corrected chi connectivity index (χ0v) is 14.1. The van der Waals surface area contributed by atoms with Crippen LogP contribution in [0.2, 0.25) is 5.02 Å². The lowest BCUT2D eigenvalue weighted by Gasteiger charge is -2.30. The van der Waals surface area contributed by atoms with Gasteiger partial charge in [-0.3, -0.25) is 4.68 Å². The van der Waals surface area contributed by atoms with Gasteiger partial charge in [0.15, 0.2) is 0 Å². The van der Waals surface area contributed by atoms with Crippen LogP contribution >= 0.6 is 11.6 Å². The summed E-state index contributed by atoms with van der Waals surface area (Å²) in [5.41, 5.74) is 1.02. The second kappa shape index (κ2) is 7.68. The number of amides is 2. The first-order valence-corrected chi connectivity index (χ1v) is 8.46. The van der Waals surface area contributed by atoms with E-state index in [-0.39, 0.29) is 12.1 Å². The summed E-state index contributed by atoms with van der Waals surface area (Å²) in [7, 11) is 0. The summed E-state index contributed by atoms with van der Waals surface area (Å²) < 4.78 is 1.81. The van der Waals surface area contributed by atoms with E-state index in [2.05, 4.69) is 10.4 Å². The van der Waals surface area contributed by atoms with E-state index in [9.17, 15) is 9.90 Å². The van der Waals surface area contributed by atoms with Gasteiger partial charge in [-0.15, -0.1) is 0 Å². The van der Waals surface area contributed by atoms with Crippen LogP contribution in [0.4, 0.5) is 4.79 Å². The fourth-order valence-electron chi connectivity index (χ4n) is 2.95. The van der Waals surface area contributed by atoms with Crippen LogP contribution in [0.5, 0.6) is 0 Å². The highest BCUT2D eigenvalue weighted by atomic mass is 35.5. The maximum Gasteiger partial charge on any atom is 0.317 e. The number of benzene rings is 1. The van der Waals surface area contributed by atoms with Crippen LogP contribution in [0, 0.1) is 0 Å². The Labute approximate surface area is 146 Å². The molecule has 6 nitrogen and oxygen atoms in total. The maximum atomic E-state index is 12.4. The third kappa shape index (κ3) is 4.07. The summed E-state index contributed by atoms with van der Waals surface area (Å²) in [6, 6.07) is 9.12. The zero-order chi connectivity index (χ0) is 16.9. The van der Waals surface area contributed by atoms with Crippen molar-refractivity contribution in [3.05, 3.63) is 53.3 Å². The number of aliphatic hydroxyl groups excluding tert-OH is 1. The van der Waals surface area contributed by atoms with Gasteiger partial charge in [0.05, 0.1) is 12.1 Å². The monoisotopic (exact) mass is 348 g/mol. The van der Waals surface area contributed by atoms with E-state index < -0.39 is 6.10 Å². The van der Waals surface area contributed by atoms with Crippen LogP contribution in [0.25, 0.3) is 0 Å². The average molecular weight is 349 g/mol. The highest BCUT2D eigenvalue weighted by Crippen LogP contribution is 2.19. The normalized spacial score (nSPS) is 19.1. The molecule has 2 amide bonds. The minimum Gasteiger partial charge on any atom is -0.391 e. The van der Waals surface area contributed by atoms with Gasteiger partial charge in [-0.05, 0) is 36.6 Å². The molecule has 0 saturated carbocycles. The predicted molar refractivity (Wildman–Crippen MR) is 92.0 cm³/mol. The molecule has 1 saturated heterocycles. The molecule has 1 aromatic carbocycles. The Kier molecular flexibility index (Phi) is 5.37. The van der Waals surface area contributed by atoms with Crippen molar-refractivity contribution in [3.63, 3.8) is 0 Å². The van der Waals surface area contributed by atoms with E-state index in [1.807, 2.05) is 41.2 Å². The van der Waals surface area contributed by atoms with E-state index >= 15 is 0 Å². The Morgan fingerprint density at radius 2 is 2.21 bits per heavy atom. The van der Waals surface area contributed by atoms with Crippen molar-refractivity contribution in [3.8, 4) is 0 Å². The SMILES string of the molecule is O=C(NCC(c1ccc(Cl)cc1)n1cccn1)N1CCCC(O)C1. The minimum absolute atomic E-state index is 0.115. The number of urea groups is 1. The van der Waals surface area contributed by atoms with Crippen molar-refractivity contribution in [2.24, 2.45) is 0 Å². The molecule has 0 radical (unpaired) electrons. The number of β-amino-alcohol motifs (C(OH)–C–C–N with tert-alkyl or cyclic N) is 1. The molecule has 3 rings (SSSR count). The Balaban J connectivity index is 1.68. The molecule has 2 unspecified atom stereocenters. The first-order valence-electron chi connectivity index (χ1n) is 8.09. The number of likely N-dealkylation sites (tertiary alicyclic amines) is 1. The van der Waals surface area contributed by atoms with E-state index in [1.165, 1.54) is 0 Å². The Morgan fingerprint density at radius 1 is 1.42 bits per heavy atom. The van der Waals surface area contributed by atoms with E-state index in [0.29, 0.717) is 24.7 Å². The molecule has 0 spiro atoms. The molecule has 2 atom stereocenters. The second-order valence-corrected chi connectivity index (χ2v) is 6.42. The molecule has 0 bridgehead atoms. The summed E-state index contributed by atoms with van der Waals surface area (Å²) in [6.45, 7) is 1.48. The highest BCUT2D eigenvalue weighted by molar-refractivity contribution is 6.30. The van der Waals surface area contributed by atoms with Crippen LogP contribution in [0.15, 0.2) is 42.7 Å². The minimum atomic E-state index is -0.428. The number of carbonyl (C=O) groups is 1. The summed E-state index contributed by atoms with van der Waals surface area (Å²) in [4.78, 5) is 14.0. The van der Waals surface area contributed by atoms with Gasteiger partial charge in [-0.2, -0.15) is 5.10 Å². The van der Waals surface area contributed by atoms with Crippen molar-refractivity contribution in [2.45, 2.75) is 25.0 Å². The molecule has 1 fully saturated rings. The molecule has 0 aliphatic carbocycles. The van der Waals surface area contributed by atoms with E-state index in [1.54, 1.807) is 11.1 Å². The van der Waals surface area contributed by atoms with Crippen molar-refractivity contribution >= 4 is 17.6 Å². The second-order valence-electron chi connectivity index (χ2n) is 5.98. The number of aromatic nitrogens is 2. The summed E-state index contributed by atoms with van der Waals surface area (Å²) in [6.07, 6.45) is 4.74. The molecular weight excluding hydrogens is 328 g/mol. The summed E-state index contributed by atoms with van der Waals surface area (Å²) >= 11 is 5.96. The van der Waals surface area contributed by atoms with Gasteiger partial charge >= 0.3 is 6.03 Å². The van der Waals surface area contributed by atoms with Gasteiger partial charge in [-0.25, -0.2) is 4.79 Å². The third-order valence-corrected chi connectivity index (χ3v) is 4.48. The van der Waals surface area contributed by atoms with Gasteiger partial charge in [-0.1, -0.05) is 23.7 Å². The average Bonchev–Trinajstić information content (AvgIpc) is 3.11. The molecule has 1 aliphatic rings. The Bertz CT molecular complexity index is 660. The zero-order valence-electron chi connectivity index (χ0n) is 13.3. The fraction of sp³-hybridized carbons (Fsp3) is 0.412. The first-order chi connectivity index (χ1) is 11.6. The van der Waals surface area contributed by atoms with Gasteiger partial charge in [0.2, 0.25) is 0 Å². The fourth-order valence-corrected chi connectivity index (χ4v) is 3.08. The number of rotatable bonds is 4. The quantitative estimate of drug-likeness (QED) is 0.890. The summed E-state index contributed by atoms with van der Waals surface area (Å²) in [5, 5.41) is 17.6. The number of carbonyl (C=O) groups excluding carboxylic acids is 1. The predicted octanol–water partition coefficient (Wildman–Crippen LogP) is 2.29. The number of hydrogen-bond donors (Lipinski definition) is 2. The van der Waals surface area contributed by atoms with Crippen molar-refractivity contribution in [2.75, 3.05) is 19.6 Å². The number of nitrogens with one attached hydrogen (secondary N) is 1. The molecule has 7 heteroatoms. The molecule has 1 aromatic heterocycles. The van der Waals surface area contributed by atoms with Crippen LogP contribution in [-0.4, -0.2) is 51.6 Å². The van der Waals surface area contributed by atoms with Gasteiger partial charge < -0.3 is 15.3 Å². The van der Waals surface area contributed by atoms with Gasteiger partial charge in [0.1, 0.15) is 0 Å². The molecule has 1 aliphatic heterocycles. The Morgan fingerprint density at radius 3 is 2.88 bits per heavy atom. The number of nitrogens with zero attached hydrogens (tertiary/aromatic N) is 3. The molecular formula is C17H21ClN4O2. The molecule has 2 aromatic rings. The van der Waals surface area contributed by atoms with E-state index in [4.69, 9.17) is 11.6 Å². The molecule has 2 N–H and O–H groups in total. The van der Waals surface area contributed by atoms with Gasteiger partial charge in [0, 0.05) is 37.1 Å². The number of aliphatic hydroxyl groups is 1. The van der Waals surface area contributed by atoms with Crippen molar-refractivity contribution in [1.29, 1.82) is 0 Å². The maximum absolute atomic E-state index is 12.4. The van der Waals surface area contributed by atoms with Crippen LogP contribution in [0.3, 0.4) is 0 Å². The van der Waals surface area contributed by atoms with Crippen molar-refractivity contribution < 1.29 is 9.90 Å². The number of hydrogen-bond acceptors (Lipinski definition) is 3. The van der Waals surface area contributed by atoms with Crippen LogP contribution < -0.4 is 5.32 Å². The Hall–Kier alpha value is -2.05.